The maximum atomic E-state index is 11.8. The van der Waals surface area contributed by atoms with Crippen LogP contribution in [-0.4, -0.2) is 23.0 Å². The second-order valence-corrected chi connectivity index (χ2v) is 4.61. The van der Waals surface area contributed by atoms with Crippen molar-refractivity contribution in [1.82, 2.24) is 5.32 Å². The number of carbonyl (C=O) groups excluding carboxylic acids is 1. The van der Waals surface area contributed by atoms with E-state index in [2.05, 4.69) is 5.32 Å². The van der Waals surface area contributed by atoms with Crippen LogP contribution in [0.2, 0.25) is 0 Å². The van der Waals surface area contributed by atoms with Crippen LogP contribution in [0.4, 0.5) is 5.00 Å². The molecule has 5 nitrogen and oxygen atoms in total. The summed E-state index contributed by atoms with van der Waals surface area (Å²) in [4.78, 5) is 22.4. The van der Waals surface area contributed by atoms with Gasteiger partial charge in [-0.25, -0.2) is 0 Å². The lowest BCUT2D eigenvalue weighted by Gasteiger charge is -2.09. The van der Waals surface area contributed by atoms with Crippen LogP contribution >= 0.6 is 11.3 Å². The molecule has 1 rings (SSSR count). The minimum absolute atomic E-state index is 0.00974. The first-order valence-electron chi connectivity index (χ1n) is 4.80. The largest absolute Gasteiger partial charge is 0.481 e. The molecular weight excluding hydrogens is 228 g/mol. The highest BCUT2D eigenvalue weighted by Gasteiger charge is 2.19. The summed E-state index contributed by atoms with van der Waals surface area (Å²) in [5.41, 5.74) is 6.42. The van der Waals surface area contributed by atoms with E-state index in [1.54, 1.807) is 5.38 Å². The van der Waals surface area contributed by atoms with Crippen molar-refractivity contribution in [3.8, 4) is 0 Å². The van der Waals surface area contributed by atoms with Crippen LogP contribution in [-0.2, 0) is 11.2 Å². The number of rotatable bonds is 4. The van der Waals surface area contributed by atoms with Gasteiger partial charge in [0, 0.05) is 6.04 Å². The highest BCUT2D eigenvalue weighted by Crippen LogP contribution is 2.25. The lowest BCUT2D eigenvalue weighted by atomic mass is 10.1. The van der Waals surface area contributed by atoms with Crippen LogP contribution in [0.5, 0.6) is 0 Å². The Balaban J connectivity index is 2.97. The smallest absolute Gasteiger partial charge is 0.307 e. The molecule has 88 valence electrons. The van der Waals surface area contributed by atoms with Crippen LogP contribution in [0.15, 0.2) is 5.38 Å². The third-order valence-electron chi connectivity index (χ3n) is 1.88. The number of nitrogens with two attached hydrogens (primary N) is 1. The molecule has 0 aliphatic rings. The third kappa shape index (κ3) is 2.96. The number of thiophene rings is 1. The van der Waals surface area contributed by atoms with Crippen molar-refractivity contribution in [1.29, 1.82) is 0 Å². The molecule has 16 heavy (non-hydrogen) atoms. The molecule has 1 heterocycles. The van der Waals surface area contributed by atoms with Crippen molar-refractivity contribution < 1.29 is 14.7 Å². The number of carboxylic acids is 1. The molecule has 0 spiro atoms. The highest BCUT2D eigenvalue weighted by molar-refractivity contribution is 7.14. The maximum absolute atomic E-state index is 11.8. The second-order valence-electron chi connectivity index (χ2n) is 3.70. The quantitative estimate of drug-likeness (QED) is 0.737. The molecule has 1 aromatic heterocycles. The first-order chi connectivity index (χ1) is 7.41. The molecule has 0 atom stereocenters. The number of aliphatic carboxylic acids is 1. The molecule has 0 saturated heterocycles. The molecule has 0 aromatic carbocycles. The summed E-state index contributed by atoms with van der Waals surface area (Å²) in [5, 5.41) is 13.4. The van der Waals surface area contributed by atoms with Crippen molar-refractivity contribution in [3.05, 3.63) is 16.5 Å². The average molecular weight is 242 g/mol. The van der Waals surface area contributed by atoms with E-state index >= 15 is 0 Å². The minimum Gasteiger partial charge on any atom is -0.481 e. The van der Waals surface area contributed by atoms with Crippen molar-refractivity contribution >= 4 is 28.2 Å². The summed E-state index contributed by atoms with van der Waals surface area (Å²) in [5.74, 6) is -1.29. The SMILES string of the molecule is CC(C)NC(=O)c1c(CC(=O)O)csc1N. The zero-order valence-electron chi connectivity index (χ0n) is 9.11. The van der Waals surface area contributed by atoms with Gasteiger partial charge in [-0.3, -0.25) is 9.59 Å². The van der Waals surface area contributed by atoms with Crippen molar-refractivity contribution in [2.45, 2.75) is 26.3 Å². The third-order valence-corrected chi connectivity index (χ3v) is 2.74. The average Bonchev–Trinajstić information content (AvgIpc) is 2.44. The predicted octanol–water partition coefficient (Wildman–Crippen LogP) is 1.10. The Morgan fingerprint density at radius 1 is 1.56 bits per heavy atom. The van der Waals surface area contributed by atoms with Gasteiger partial charge in [0.2, 0.25) is 0 Å². The van der Waals surface area contributed by atoms with Gasteiger partial charge in [0.15, 0.2) is 0 Å². The number of hydrogen-bond donors (Lipinski definition) is 3. The molecule has 0 radical (unpaired) electrons. The van der Waals surface area contributed by atoms with Gasteiger partial charge in [0.1, 0.15) is 0 Å². The van der Waals surface area contributed by atoms with E-state index in [0.717, 1.165) is 0 Å². The number of nitrogens with one attached hydrogen (secondary N) is 1. The normalized spacial score (nSPS) is 10.4. The zero-order valence-corrected chi connectivity index (χ0v) is 9.93. The van der Waals surface area contributed by atoms with E-state index in [-0.39, 0.29) is 18.4 Å². The van der Waals surface area contributed by atoms with Gasteiger partial charge in [0.25, 0.3) is 5.91 Å². The van der Waals surface area contributed by atoms with Crippen LogP contribution in [0.25, 0.3) is 0 Å². The summed E-state index contributed by atoms with van der Waals surface area (Å²) in [6, 6.07) is -0.00974. The molecule has 0 bridgehead atoms. The van der Waals surface area contributed by atoms with Crippen molar-refractivity contribution in [3.63, 3.8) is 0 Å². The molecule has 6 heteroatoms. The lowest BCUT2D eigenvalue weighted by molar-refractivity contribution is -0.136. The first-order valence-corrected chi connectivity index (χ1v) is 5.68. The van der Waals surface area contributed by atoms with E-state index in [1.807, 2.05) is 13.8 Å². The number of anilines is 1. The van der Waals surface area contributed by atoms with E-state index in [1.165, 1.54) is 11.3 Å². The van der Waals surface area contributed by atoms with Crippen LogP contribution in [0.1, 0.15) is 29.8 Å². The molecule has 1 amide bonds. The van der Waals surface area contributed by atoms with Crippen LogP contribution in [0.3, 0.4) is 0 Å². The Hall–Kier alpha value is -1.56. The van der Waals surface area contributed by atoms with Crippen molar-refractivity contribution in [2.24, 2.45) is 0 Å². The zero-order chi connectivity index (χ0) is 12.3. The second kappa shape index (κ2) is 4.98. The molecule has 4 N–H and O–H groups in total. The maximum Gasteiger partial charge on any atom is 0.307 e. The molecule has 0 aliphatic heterocycles. The summed E-state index contributed by atoms with van der Waals surface area (Å²) in [7, 11) is 0. The Labute approximate surface area is 97.3 Å². The Bertz CT molecular complexity index is 412. The van der Waals surface area contributed by atoms with Gasteiger partial charge in [-0.05, 0) is 24.8 Å². The monoisotopic (exact) mass is 242 g/mol. The number of hydrogen-bond acceptors (Lipinski definition) is 4. The fourth-order valence-electron chi connectivity index (χ4n) is 1.30. The van der Waals surface area contributed by atoms with E-state index < -0.39 is 5.97 Å². The summed E-state index contributed by atoms with van der Waals surface area (Å²) in [6.45, 7) is 3.66. The summed E-state index contributed by atoms with van der Waals surface area (Å²) >= 11 is 1.18. The van der Waals surface area contributed by atoms with E-state index in [4.69, 9.17) is 10.8 Å². The standard InChI is InChI=1S/C10H14N2O3S/c1-5(2)12-10(15)8-6(3-7(13)14)4-16-9(8)11/h4-5H,3,11H2,1-2H3,(H,12,15)(H,13,14). The predicted molar refractivity (Wildman–Crippen MR) is 62.7 cm³/mol. The van der Waals surface area contributed by atoms with Gasteiger partial charge in [-0.2, -0.15) is 0 Å². The van der Waals surface area contributed by atoms with Crippen LogP contribution < -0.4 is 11.1 Å². The molecule has 1 aromatic rings. The molecule has 0 aliphatic carbocycles. The first kappa shape index (κ1) is 12.5. The Morgan fingerprint density at radius 3 is 2.69 bits per heavy atom. The highest BCUT2D eigenvalue weighted by atomic mass is 32.1. The summed E-state index contributed by atoms with van der Waals surface area (Å²) < 4.78 is 0. The van der Waals surface area contributed by atoms with E-state index in [0.29, 0.717) is 16.1 Å². The molecular formula is C10H14N2O3S. The molecule has 0 saturated carbocycles. The van der Waals surface area contributed by atoms with Gasteiger partial charge in [0.05, 0.1) is 17.0 Å². The Morgan fingerprint density at radius 2 is 2.19 bits per heavy atom. The molecule has 0 unspecified atom stereocenters. The van der Waals surface area contributed by atoms with Gasteiger partial charge < -0.3 is 16.2 Å². The Kier molecular flexibility index (Phi) is 3.89. The number of amides is 1. The molecule has 0 fully saturated rings. The number of carboxylic acid groups (broad SMARTS) is 1. The lowest BCUT2D eigenvalue weighted by Crippen LogP contribution is -2.31. The van der Waals surface area contributed by atoms with Crippen molar-refractivity contribution in [2.75, 3.05) is 5.73 Å². The van der Waals surface area contributed by atoms with Crippen LogP contribution in [0, 0.1) is 0 Å². The summed E-state index contributed by atoms with van der Waals surface area (Å²) in [6.07, 6.45) is -0.186. The van der Waals surface area contributed by atoms with Gasteiger partial charge in [-0.15, -0.1) is 11.3 Å². The number of nitrogen functional groups attached to an aromatic ring is 1. The fraction of sp³-hybridized carbons (Fsp3) is 0.400. The minimum atomic E-state index is -0.976. The van der Waals surface area contributed by atoms with Gasteiger partial charge >= 0.3 is 5.97 Å². The number of carbonyl (C=O) groups is 2. The van der Waals surface area contributed by atoms with E-state index in [9.17, 15) is 9.59 Å². The fourth-order valence-corrected chi connectivity index (χ4v) is 2.11. The van der Waals surface area contributed by atoms with Gasteiger partial charge in [-0.1, -0.05) is 0 Å². The topological polar surface area (TPSA) is 92.4 Å².